The SMILES string of the molecule is CC(C)C(Nc1cccc([N+](=O)[O-])c1)C(=O)O. The molecule has 2 N–H and O–H groups in total. The van der Waals surface area contributed by atoms with Crippen LogP contribution in [0, 0.1) is 16.0 Å². The highest BCUT2D eigenvalue weighted by atomic mass is 16.6. The quantitative estimate of drug-likeness (QED) is 0.605. The van der Waals surface area contributed by atoms with Crippen LogP contribution in [-0.4, -0.2) is 22.0 Å². The Kier molecular flexibility index (Phi) is 4.03. The number of carboxylic acid groups (broad SMARTS) is 1. The van der Waals surface area contributed by atoms with Gasteiger partial charge in [-0.25, -0.2) is 4.79 Å². The minimum absolute atomic E-state index is 0.0668. The van der Waals surface area contributed by atoms with Crippen molar-refractivity contribution < 1.29 is 14.8 Å². The number of anilines is 1. The molecule has 0 aliphatic heterocycles. The number of carbonyl (C=O) groups is 1. The largest absolute Gasteiger partial charge is 0.480 e. The Bertz CT molecular complexity index is 431. The molecule has 92 valence electrons. The summed E-state index contributed by atoms with van der Waals surface area (Å²) in [4.78, 5) is 21.0. The van der Waals surface area contributed by atoms with Crippen molar-refractivity contribution in [3.05, 3.63) is 34.4 Å². The van der Waals surface area contributed by atoms with Gasteiger partial charge in [-0.3, -0.25) is 10.1 Å². The summed E-state index contributed by atoms with van der Waals surface area (Å²) < 4.78 is 0. The van der Waals surface area contributed by atoms with Crippen molar-refractivity contribution in [3.63, 3.8) is 0 Å². The van der Waals surface area contributed by atoms with Crippen molar-refractivity contribution in [2.45, 2.75) is 19.9 Å². The number of nitro groups is 1. The Balaban J connectivity index is 2.90. The van der Waals surface area contributed by atoms with E-state index in [0.717, 1.165) is 0 Å². The molecule has 1 unspecified atom stereocenters. The average molecular weight is 238 g/mol. The highest BCUT2D eigenvalue weighted by Crippen LogP contribution is 2.19. The van der Waals surface area contributed by atoms with E-state index in [1.54, 1.807) is 19.9 Å². The molecule has 17 heavy (non-hydrogen) atoms. The van der Waals surface area contributed by atoms with Gasteiger partial charge in [0.05, 0.1) is 4.92 Å². The highest BCUT2D eigenvalue weighted by Gasteiger charge is 2.21. The van der Waals surface area contributed by atoms with Gasteiger partial charge in [-0.2, -0.15) is 0 Å². The van der Waals surface area contributed by atoms with Gasteiger partial charge in [-0.1, -0.05) is 19.9 Å². The van der Waals surface area contributed by atoms with E-state index in [9.17, 15) is 14.9 Å². The maximum atomic E-state index is 11.0. The first-order valence-corrected chi connectivity index (χ1v) is 5.15. The summed E-state index contributed by atoms with van der Waals surface area (Å²) in [6.45, 7) is 3.53. The molecule has 1 aromatic carbocycles. The summed E-state index contributed by atoms with van der Waals surface area (Å²) in [5.74, 6) is -1.10. The van der Waals surface area contributed by atoms with Gasteiger partial charge < -0.3 is 10.4 Å². The van der Waals surface area contributed by atoms with E-state index >= 15 is 0 Å². The van der Waals surface area contributed by atoms with Crippen LogP contribution in [0.15, 0.2) is 24.3 Å². The van der Waals surface area contributed by atoms with Gasteiger partial charge in [0.1, 0.15) is 6.04 Å². The topological polar surface area (TPSA) is 92.5 Å². The number of nitro benzene ring substituents is 1. The zero-order chi connectivity index (χ0) is 13.0. The number of hydrogen-bond acceptors (Lipinski definition) is 4. The molecule has 0 aliphatic carbocycles. The van der Waals surface area contributed by atoms with Crippen molar-refractivity contribution in [1.82, 2.24) is 0 Å². The number of nitrogens with one attached hydrogen (secondary N) is 1. The molecular weight excluding hydrogens is 224 g/mol. The monoisotopic (exact) mass is 238 g/mol. The molecule has 6 heteroatoms. The second kappa shape index (κ2) is 5.29. The van der Waals surface area contributed by atoms with Gasteiger partial charge >= 0.3 is 5.97 Å². The van der Waals surface area contributed by atoms with Crippen LogP contribution in [0.4, 0.5) is 11.4 Å². The lowest BCUT2D eigenvalue weighted by atomic mass is 10.0. The van der Waals surface area contributed by atoms with Gasteiger partial charge in [0.2, 0.25) is 0 Å². The third kappa shape index (κ3) is 3.44. The van der Waals surface area contributed by atoms with Crippen LogP contribution in [0.25, 0.3) is 0 Å². The zero-order valence-corrected chi connectivity index (χ0v) is 9.58. The average Bonchev–Trinajstić information content (AvgIpc) is 2.25. The molecule has 0 radical (unpaired) electrons. The van der Waals surface area contributed by atoms with Gasteiger partial charge in [0, 0.05) is 17.8 Å². The molecule has 0 spiro atoms. The number of hydrogen-bond donors (Lipinski definition) is 2. The minimum atomic E-state index is -0.980. The summed E-state index contributed by atoms with van der Waals surface area (Å²) in [5, 5.41) is 22.3. The van der Waals surface area contributed by atoms with E-state index in [2.05, 4.69) is 5.32 Å². The number of non-ortho nitro benzene ring substituents is 1. The van der Waals surface area contributed by atoms with E-state index in [4.69, 9.17) is 5.11 Å². The maximum absolute atomic E-state index is 11.0. The Morgan fingerprint density at radius 1 is 1.47 bits per heavy atom. The first-order valence-electron chi connectivity index (χ1n) is 5.15. The van der Waals surface area contributed by atoms with E-state index in [1.807, 2.05) is 0 Å². The fraction of sp³-hybridized carbons (Fsp3) is 0.364. The second-order valence-electron chi connectivity index (χ2n) is 4.01. The van der Waals surface area contributed by atoms with E-state index < -0.39 is 16.9 Å². The molecule has 0 saturated heterocycles. The van der Waals surface area contributed by atoms with Crippen LogP contribution in [0.2, 0.25) is 0 Å². The molecule has 0 saturated carbocycles. The number of nitrogens with zero attached hydrogens (tertiary/aromatic N) is 1. The fourth-order valence-corrected chi connectivity index (χ4v) is 1.40. The van der Waals surface area contributed by atoms with Gasteiger partial charge in [-0.05, 0) is 12.0 Å². The summed E-state index contributed by atoms with van der Waals surface area (Å²) in [6, 6.07) is 5.02. The van der Waals surface area contributed by atoms with Crippen molar-refractivity contribution in [2.75, 3.05) is 5.32 Å². The van der Waals surface area contributed by atoms with Crippen LogP contribution in [-0.2, 0) is 4.79 Å². The summed E-state index contributed by atoms with van der Waals surface area (Å²) in [7, 11) is 0. The Morgan fingerprint density at radius 3 is 2.59 bits per heavy atom. The molecule has 1 aromatic rings. The molecule has 0 heterocycles. The third-order valence-corrected chi connectivity index (χ3v) is 2.31. The number of benzene rings is 1. The van der Waals surface area contributed by atoms with Crippen molar-refractivity contribution >= 4 is 17.3 Å². The molecule has 6 nitrogen and oxygen atoms in total. The molecule has 0 aliphatic rings. The van der Waals surface area contributed by atoms with Gasteiger partial charge in [0.25, 0.3) is 5.69 Å². The first kappa shape index (κ1) is 13.0. The maximum Gasteiger partial charge on any atom is 0.326 e. The highest BCUT2D eigenvalue weighted by molar-refractivity contribution is 5.77. The molecule has 0 amide bonds. The molecule has 0 aromatic heterocycles. The van der Waals surface area contributed by atoms with E-state index in [-0.39, 0.29) is 11.6 Å². The molecule has 0 bridgehead atoms. The Hall–Kier alpha value is -2.11. The predicted octanol–water partition coefficient (Wildman–Crippen LogP) is 2.12. The summed E-state index contributed by atoms with van der Waals surface area (Å²) in [6.07, 6.45) is 0. The zero-order valence-electron chi connectivity index (χ0n) is 9.58. The van der Waals surface area contributed by atoms with Crippen LogP contribution < -0.4 is 5.32 Å². The molecular formula is C11H14N2O4. The standard InChI is InChI=1S/C11H14N2O4/c1-7(2)10(11(14)15)12-8-4-3-5-9(6-8)13(16)17/h3-7,10,12H,1-2H3,(H,14,15). The summed E-state index contributed by atoms with van der Waals surface area (Å²) >= 11 is 0. The lowest BCUT2D eigenvalue weighted by Gasteiger charge is -2.18. The van der Waals surface area contributed by atoms with Crippen LogP contribution in [0.5, 0.6) is 0 Å². The minimum Gasteiger partial charge on any atom is -0.480 e. The third-order valence-electron chi connectivity index (χ3n) is 2.31. The Morgan fingerprint density at radius 2 is 2.12 bits per heavy atom. The van der Waals surface area contributed by atoms with E-state index in [0.29, 0.717) is 5.69 Å². The molecule has 0 fully saturated rings. The van der Waals surface area contributed by atoms with Crippen molar-refractivity contribution in [3.8, 4) is 0 Å². The number of rotatable bonds is 5. The Labute approximate surface area is 98.4 Å². The summed E-state index contributed by atoms with van der Waals surface area (Å²) in [5.41, 5.74) is 0.364. The van der Waals surface area contributed by atoms with Gasteiger partial charge in [0.15, 0.2) is 0 Å². The number of carboxylic acids is 1. The van der Waals surface area contributed by atoms with E-state index in [1.165, 1.54) is 18.2 Å². The first-order chi connectivity index (χ1) is 7.91. The lowest BCUT2D eigenvalue weighted by Crippen LogP contribution is -2.34. The van der Waals surface area contributed by atoms with Crippen LogP contribution in [0.3, 0.4) is 0 Å². The predicted molar refractivity (Wildman–Crippen MR) is 63.0 cm³/mol. The lowest BCUT2D eigenvalue weighted by molar-refractivity contribution is -0.384. The van der Waals surface area contributed by atoms with Gasteiger partial charge in [-0.15, -0.1) is 0 Å². The van der Waals surface area contributed by atoms with Crippen molar-refractivity contribution in [2.24, 2.45) is 5.92 Å². The number of aliphatic carboxylic acids is 1. The molecule has 1 atom stereocenters. The van der Waals surface area contributed by atoms with Crippen molar-refractivity contribution in [1.29, 1.82) is 0 Å². The fourth-order valence-electron chi connectivity index (χ4n) is 1.40. The second-order valence-corrected chi connectivity index (χ2v) is 4.01. The molecule has 1 rings (SSSR count). The smallest absolute Gasteiger partial charge is 0.326 e. The van der Waals surface area contributed by atoms with Crippen LogP contribution in [0.1, 0.15) is 13.8 Å². The van der Waals surface area contributed by atoms with Crippen LogP contribution >= 0.6 is 0 Å². The normalized spacial score (nSPS) is 12.2.